The molecule has 0 spiro atoms. The van der Waals surface area contributed by atoms with Crippen molar-refractivity contribution >= 4 is 22.5 Å². The smallest absolute Gasteiger partial charge is 0.269 e. The molecule has 1 saturated heterocycles. The number of hydrogen-bond donors (Lipinski definition) is 1. The Labute approximate surface area is 167 Å². The van der Waals surface area contributed by atoms with Crippen molar-refractivity contribution in [3.05, 3.63) is 36.0 Å². The van der Waals surface area contributed by atoms with E-state index in [1.807, 2.05) is 49.3 Å². The summed E-state index contributed by atoms with van der Waals surface area (Å²) in [5.41, 5.74) is 2.32. The Bertz CT molecular complexity index is 798. The van der Waals surface area contributed by atoms with E-state index in [4.69, 9.17) is 4.74 Å². The first-order valence-electron chi connectivity index (χ1n) is 10.2. The summed E-state index contributed by atoms with van der Waals surface area (Å²) in [6, 6.07) is 9.79. The second kappa shape index (κ2) is 9.34. The van der Waals surface area contributed by atoms with Crippen molar-refractivity contribution in [2.45, 2.75) is 38.9 Å². The van der Waals surface area contributed by atoms with Crippen LogP contribution in [0.15, 0.2) is 30.3 Å². The highest BCUT2D eigenvalue weighted by Gasteiger charge is 2.21. The normalized spacial score (nSPS) is 20.3. The number of fused-ring (bicyclic) bond motifs is 1. The summed E-state index contributed by atoms with van der Waals surface area (Å²) in [4.78, 5) is 21.6. The third kappa shape index (κ3) is 5.20. The molecular weight excluding hydrogens is 352 g/mol. The molecule has 6 nitrogen and oxygen atoms in total. The highest BCUT2D eigenvalue weighted by atomic mass is 16.5. The van der Waals surface area contributed by atoms with E-state index < -0.39 is 0 Å². The molecule has 1 fully saturated rings. The predicted octanol–water partition coefficient (Wildman–Crippen LogP) is 2.92. The van der Waals surface area contributed by atoms with Gasteiger partial charge in [0, 0.05) is 44.8 Å². The molecule has 3 rings (SSSR count). The number of nitrogens with one attached hydrogen (secondary N) is 1. The van der Waals surface area contributed by atoms with E-state index in [1.54, 1.807) is 0 Å². The van der Waals surface area contributed by atoms with Crippen molar-refractivity contribution in [1.82, 2.24) is 15.2 Å². The van der Waals surface area contributed by atoms with E-state index >= 15 is 0 Å². The molecule has 1 amide bonds. The number of aromatic nitrogens is 1. The zero-order valence-corrected chi connectivity index (χ0v) is 17.4. The van der Waals surface area contributed by atoms with Crippen LogP contribution in [-0.2, 0) is 4.74 Å². The summed E-state index contributed by atoms with van der Waals surface area (Å²) in [5, 5.41) is 4.08. The fourth-order valence-corrected chi connectivity index (χ4v) is 3.86. The SMILES string of the molecule is CC1CN(CCCCNC(=O)c2cc(N(C)C)c3ccccc3n2)CC(C)O1. The molecule has 1 aliphatic heterocycles. The van der Waals surface area contributed by atoms with E-state index in [0.717, 1.165) is 49.1 Å². The lowest BCUT2D eigenvalue weighted by Crippen LogP contribution is -2.45. The van der Waals surface area contributed by atoms with Gasteiger partial charge in [-0.25, -0.2) is 4.98 Å². The van der Waals surface area contributed by atoms with E-state index in [1.165, 1.54) is 0 Å². The molecule has 2 heterocycles. The van der Waals surface area contributed by atoms with Gasteiger partial charge in [-0.15, -0.1) is 0 Å². The van der Waals surface area contributed by atoms with Crippen molar-refractivity contribution in [2.24, 2.45) is 0 Å². The summed E-state index contributed by atoms with van der Waals surface area (Å²) in [6.07, 6.45) is 2.62. The number of ether oxygens (including phenoxy) is 1. The number of unbranched alkanes of at least 4 members (excludes halogenated alkanes) is 1. The lowest BCUT2D eigenvalue weighted by atomic mass is 10.1. The van der Waals surface area contributed by atoms with E-state index in [9.17, 15) is 4.79 Å². The molecule has 1 aromatic heterocycles. The topological polar surface area (TPSA) is 57.7 Å². The number of amides is 1. The van der Waals surface area contributed by atoms with Gasteiger partial charge in [0.1, 0.15) is 5.69 Å². The van der Waals surface area contributed by atoms with Crippen molar-refractivity contribution in [3.63, 3.8) is 0 Å². The third-order valence-electron chi connectivity index (χ3n) is 5.09. The van der Waals surface area contributed by atoms with E-state index in [0.29, 0.717) is 24.4 Å². The van der Waals surface area contributed by atoms with Crippen LogP contribution >= 0.6 is 0 Å². The molecule has 6 heteroatoms. The molecule has 0 radical (unpaired) electrons. The van der Waals surface area contributed by atoms with Gasteiger partial charge in [-0.1, -0.05) is 18.2 Å². The fraction of sp³-hybridized carbons (Fsp3) is 0.545. The van der Waals surface area contributed by atoms with Crippen molar-refractivity contribution in [1.29, 1.82) is 0 Å². The Balaban J connectivity index is 1.51. The summed E-state index contributed by atoms with van der Waals surface area (Å²) >= 11 is 0. The van der Waals surface area contributed by atoms with Gasteiger partial charge >= 0.3 is 0 Å². The van der Waals surface area contributed by atoms with Crippen molar-refractivity contribution in [3.8, 4) is 0 Å². The molecule has 2 atom stereocenters. The number of nitrogens with zero attached hydrogens (tertiary/aromatic N) is 3. The van der Waals surface area contributed by atoms with Gasteiger partial charge in [0.25, 0.3) is 5.91 Å². The highest BCUT2D eigenvalue weighted by Crippen LogP contribution is 2.25. The Hall–Kier alpha value is -2.18. The fourth-order valence-electron chi connectivity index (χ4n) is 3.86. The molecule has 0 saturated carbocycles. The molecule has 28 heavy (non-hydrogen) atoms. The van der Waals surface area contributed by atoms with Gasteiger partial charge in [0.2, 0.25) is 0 Å². The number of morpholine rings is 1. The van der Waals surface area contributed by atoms with Crippen LogP contribution in [0, 0.1) is 0 Å². The van der Waals surface area contributed by atoms with E-state index in [2.05, 4.69) is 29.0 Å². The zero-order chi connectivity index (χ0) is 20.1. The number of carbonyl (C=O) groups is 1. The maximum absolute atomic E-state index is 12.6. The number of carbonyl (C=O) groups excluding carboxylic acids is 1. The third-order valence-corrected chi connectivity index (χ3v) is 5.09. The summed E-state index contributed by atoms with van der Waals surface area (Å²) in [7, 11) is 3.97. The minimum absolute atomic E-state index is 0.109. The molecule has 2 aromatic rings. The van der Waals surface area contributed by atoms with Crippen LogP contribution in [0.1, 0.15) is 37.2 Å². The van der Waals surface area contributed by atoms with Gasteiger partial charge in [-0.3, -0.25) is 9.69 Å². The van der Waals surface area contributed by atoms with Gasteiger partial charge < -0.3 is 15.0 Å². The number of benzene rings is 1. The Morgan fingerprint density at radius 3 is 2.64 bits per heavy atom. The minimum Gasteiger partial charge on any atom is -0.377 e. The van der Waals surface area contributed by atoms with Gasteiger partial charge in [-0.2, -0.15) is 0 Å². The first-order chi connectivity index (χ1) is 13.4. The Morgan fingerprint density at radius 2 is 1.93 bits per heavy atom. The lowest BCUT2D eigenvalue weighted by molar-refractivity contribution is -0.0681. The summed E-state index contributed by atoms with van der Waals surface area (Å²) in [5.74, 6) is -0.109. The average Bonchev–Trinajstić information content (AvgIpc) is 2.65. The average molecular weight is 385 g/mol. The summed E-state index contributed by atoms with van der Waals surface area (Å²) in [6.45, 7) is 7.95. The molecule has 2 unspecified atom stereocenters. The van der Waals surface area contributed by atoms with Crippen LogP contribution in [0.5, 0.6) is 0 Å². The lowest BCUT2D eigenvalue weighted by Gasteiger charge is -2.35. The van der Waals surface area contributed by atoms with Crippen molar-refractivity contribution < 1.29 is 9.53 Å². The summed E-state index contributed by atoms with van der Waals surface area (Å²) < 4.78 is 5.77. The molecule has 0 bridgehead atoms. The number of para-hydroxylation sites is 1. The van der Waals surface area contributed by atoms with Gasteiger partial charge in [0.15, 0.2) is 0 Å². The number of pyridine rings is 1. The highest BCUT2D eigenvalue weighted by molar-refractivity contribution is 5.99. The maximum Gasteiger partial charge on any atom is 0.269 e. The second-order valence-electron chi connectivity index (χ2n) is 7.92. The number of anilines is 1. The molecule has 0 aliphatic carbocycles. The largest absolute Gasteiger partial charge is 0.377 e. The van der Waals surface area contributed by atoms with Crippen LogP contribution in [0.25, 0.3) is 10.9 Å². The first-order valence-corrected chi connectivity index (χ1v) is 10.2. The van der Waals surface area contributed by atoms with Crippen LogP contribution in [0.3, 0.4) is 0 Å². The van der Waals surface area contributed by atoms with Crippen LogP contribution < -0.4 is 10.2 Å². The first kappa shape index (κ1) is 20.6. The van der Waals surface area contributed by atoms with Gasteiger partial charge in [0.05, 0.1) is 17.7 Å². The van der Waals surface area contributed by atoms with Crippen LogP contribution in [0.4, 0.5) is 5.69 Å². The Kier molecular flexibility index (Phi) is 6.86. The quantitative estimate of drug-likeness (QED) is 0.744. The van der Waals surface area contributed by atoms with Crippen LogP contribution in [-0.4, -0.2) is 68.3 Å². The molecule has 1 N–H and O–H groups in total. The molecule has 1 aromatic carbocycles. The maximum atomic E-state index is 12.6. The molecule has 1 aliphatic rings. The molecular formula is C22H32N4O2. The monoisotopic (exact) mass is 384 g/mol. The standard InChI is InChI=1S/C22H32N4O2/c1-16-14-26(15-17(2)28-16)12-8-7-11-23-22(27)20-13-21(25(3)4)18-9-5-6-10-19(18)24-20/h5-6,9-10,13,16-17H,7-8,11-12,14-15H2,1-4H3,(H,23,27). The predicted molar refractivity (Wildman–Crippen MR) is 114 cm³/mol. The molecule has 152 valence electrons. The number of hydrogen-bond acceptors (Lipinski definition) is 5. The van der Waals surface area contributed by atoms with E-state index in [-0.39, 0.29) is 5.91 Å². The van der Waals surface area contributed by atoms with Crippen LogP contribution in [0.2, 0.25) is 0 Å². The number of rotatable bonds is 7. The van der Waals surface area contributed by atoms with Gasteiger partial charge in [-0.05, 0) is 45.4 Å². The minimum atomic E-state index is -0.109. The zero-order valence-electron chi connectivity index (χ0n) is 17.4. The second-order valence-corrected chi connectivity index (χ2v) is 7.92. The Morgan fingerprint density at radius 1 is 1.21 bits per heavy atom. The van der Waals surface area contributed by atoms with Crippen molar-refractivity contribution in [2.75, 3.05) is 45.2 Å².